The molecule has 0 radical (unpaired) electrons. The lowest BCUT2D eigenvalue weighted by atomic mass is 9.71. The molecule has 0 amide bonds. The summed E-state index contributed by atoms with van der Waals surface area (Å²) in [4.78, 5) is 0. The Kier molecular flexibility index (Phi) is 8.98. The fraction of sp³-hybridized carbons (Fsp3) is 0.857. The molecular weight excluding hydrogens is 428 g/mol. The number of alkyl halides is 3. The standard InChI is InChI=1S/C28H42F4O/c29-26(18-28(30,31)32)24-13-15-25(16-14-24)27-17-10-21(19-33-27)7-6-20-8-11-23(12-9-20)22-4-2-1-3-5-22/h6-7,18,20-25,27H,1-5,8-17,19H2/b7-6+,26-18-. The molecule has 0 aromatic rings. The molecule has 4 fully saturated rings. The summed E-state index contributed by atoms with van der Waals surface area (Å²) in [5.74, 6) is 1.98. The highest BCUT2D eigenvalue weighted by molar-refractivity contribution is 5.03. The highest BCUT2D eigenvalue weighted by Crippen LogP contribution is 2.42. The van der Waals surface area contributed by atoms with E-state index < -0.39 is 17.9 Å². The number of hydrogen-bond acceptors (Lipinski definition) is 1. The maximum absolute atomic E-state index is 13.9. The van der Waals surface area contributed by atoms with Crippen LogP contribution in [0.25, 0.3) is 0 Å². The van der Waals surface area contributed by atoms with Crippen molar-refractivity contribution in [3.05, 3.63) is 24.1 Å². The van der Waals surface area contributed by atoms with Gasteiger partial charge in [-0.15, -0.1) is 0 Å². The summed E-state index contributed by atoms with van der Waals surface area (Å²) in [7, 11) is 0. The normalized spacial score (nSPS) is 38.0. The second-order valence-corrected chi connectivity index (χ2v) is 11.3. The molecule has 0 N–H and O–H groups in total. The molecule has 5 heteroatoms. The van der Waals surface area contributed by atoms with E-state index in [-0.39, 0.29) is 12.2 Å². The molecule has 33 heavy (non-hydrogen) atoms. The second-order valence-electron chi connectivity index (χ2n) is 11.3. The molecule has 2 unspecified atom stereocenters. The highest BCUT2D eigenvalue weighted by Gasteiger charge is 2.34. The van der Waals surface area contributed by atoms with Gasteiger partial charge in [0.25, 0.3) is 0 Å². The van der Waals surface area contributed by atoms with Gasteiger partial charge in [-0.25, -0.2) is 4.39 Å². The van der Waals surface area contributed by atoms with Crippen LogP contribution in [0, 0.1) is 35.5 Å². The maximum Gasteiger partial charge on any atom is 0.412 e. The van der Waals surface area contributed by atoms with Gasteiger partial charge < -0.3 is 4.74 Å². The second kappa shape index (κ2) is 11.7. The van der Waals surface area contributed by atoms with Crippen molar-refractivity contribution in [2.75, 3.05) is 6.61 Å². The molecule has 4 rings (SSSR count). The highest BCUT2D eigenvalue weighted by atomic mass is 19.4. The molecule has 0 spiro atoms. The monoisotopic (exact) mass is 470 g/mol. The van der Waals surface area contributed by atoms with Gasteiger partial charge in [0, 0.05) is 11.8 Å². The number of halogens is 4. The molecule has 1 heterocycles. The van der Waals surface area contributed by atoms with Crippen LogP contribution in [0.2, 0.25) is 0 Å². The molecule has 0 aromatic carbocycles. The summed E-state index contributed by atoms with van der Waals surface area (Å²) in [5, 5.41) is 0. The molecule has 2 atom stereocenters. The van der Waals surface area contributed by atoms with Crippen LogP contribution in [-0.2, 0) is 4.74 Å². The summed E-state index contributed by atoms with van der Waals surface area (Å²) >= 11 is 0. The van der Waals surface area contributed by atoms with Gasteiger partial charge in [-0.1, -0.05) is 44.3 Å². The third kappa shape index (κ3) is 7.57. The van der Waals surface area contributed by atoms with Crippen molar-refractivity contribution in [1.82, 2.24) is 0 Å². The fourth-order valence-corrected chi connectivity index (χ4v) is 7.09. The first-order valence-electron chi connectivity index (χ1n) is 13.6. The minimum absolute atomic E-state index is 0.158. The van der Waals surface area contributed by atoms with E-state index >= 15 is 0 Å². The average Bonchev–Trinajstić information content (AvgIpc) is 2.83. The topological polar surface area (TPSA) is 9.23 Å². The minimum Gasteiger partial charge on any atom is -0.377 e. The summed E-state index contributed by atoms with van der Waals surface area (Å²) in [6.45, 7) is 0.751. The molecular formula is C28H42F4O. The molecule has 1 aliphatic heterocycles. The van der Waals surface area contributed by atoms with E-state index in [4.69, 9.17) is 4.74 Å². The van der Waals surface area contributed by atoms with Crippen molar-refractivity contribution in [2.24, 2.45) is 35.5 Å². The average molecular weight is 471 g/mol. The molecule has 188 valence electrons. The van der Waals surface area contributed by atoms with Gasteiger partial charge in [-0.2, -0.15) is 13.2 Å². The predicted octanol–water partition coefficient (Wildman–Crippen LogP) is 8.95. The zero-order valence-corrected chi connectivity index (χ0v) is 20.0. The van der Waals surface area contributed by atoms with Gasteiger partial charge in [-0.05, 0) is 87.9 Å². The van der Waals surface area contributed by atoms with Crippen molar-refractivity contribution in [3.63, 3.8) is 0 Å². The van der Waals surface area contributed by atoms with E-state index in [1.54, 1.807) is 0 Å². The lowest BCUT2D eigenvalue weighted by Crippen LogP contribution is -2.34. The van der Waals surface area contributed by atoms with Crippen LogP contribution in [0.5, 0.6) is 0 Å². The molecule has 0 bridgehead atoms. The Morgan fingerprint density at radius 1 is 0.636 bits per heavy atom. The number of hydrogen-bond donors (Lipinski definition) is 0. The molecule has 1 nitrogen and oxygen atoms in total. The van der Waals surface area contributed by atoms with Crippen molar-refractivity contribution in [3.8, 4) is 0 Å². The maximum atomic E-state index is 13.9. The summed E-state index contributed by atoms with van der Waals surface area (Å²) in [6, 6.07) is 0. The Labute approximate surface area is 197 Å². The Balaban J connectivity index is 1.14. The quantitative estimate of drug-likeness (QED) is 0.288. The first-order chi connectivity index (χ1) is 15.9. The lowest BCUT2D eigenvalue weighted by molar-refractivity contribution is -0.0824. The van der Waals surface area contributed by atoms with Crippen LogP contribution in [0.3, 0.4) is 0 Å². The first-order valence-corrected chi connectivity index (χ1v) is 13.6. The van der Waals surface area contributed by atoms with Crippen LogP contribution in [-0.4, -0.2) is 18.9 Å². The SMILES string of the molecule is F/C(=C\C(F)(F)F)C1CCC(C2CCC(/C=C/C3CCC(C4CCCCC4)CC3)CO2)CC1. The third-order valence-corrected chi connectivity index (χ3v) is 9.12. The van der Waals surface area contributed by atoms with Crippen molar-refractivity contribution in [2.45, 2.75) is 109 Å². The zero-order valence-electron chi connectivity index (χ0n) is 20.0. The molecule has 3 saturated carbocycles. The van der Waals surface area contributed by atoms with E-state index in [0.717, 1.165) is 50.0 Å². The first kappa shape index (κ1) is 25.3. The van der Waals surface area contributed by atoms with Gasteiger partial charge in [0.05, 0.1) is 18.8 Å². The van der Waals surface area contributed by atoms with E-state index in [9.17, 15) is 17.6 Å². The van der Waals surface area contributed by atoms with Crippen molar-refractivity contribution >= 4 is 0 Å². The zero-order chi connectivity index (χ0) is 23.3. The molecule has 4 aliphatic rings. The minimum atomic E-state index is -4.56. The summed E-state index contributed by atoms with van der Waals surface area (Å²) < 4.78 is 57.3. The van der Waals surface area contributed by atoms with Crippen LogP contribution < -0.4 is 0 Å². The third-order valence-electron chi connectivity index (χ3n) is 9.12. The predicted molar refractivity (Wildman–Crippen MR) is 124 cm³/mol. The molecule has 3 aliphatic carbocycles. The van der Waals surface area contributed by atoms with Gasteiger partial charge >= 0.3 is 6.18 Å². The Hall–Kier alpha value is -0.840. The Morgan fingerprint density at radius 2 is 1.21 bits per heavy atom. The lowest BCUT2D eigenvalue weighted by Gasteiger charge is -2.37. The van der Waals surface area contributed by atoms with E-state index in [2.05, 4.69) is 12.2 Å². The van der Waals surface area contributed by atoms with Gasteiger partial charge in [0.1, 0.15) is 5.83 Å². The fourth-order valence-electron chi connectivity index (χ4n) is 7.09. The summed E-state index contributed by atoms with van der Waals surface area (Å²) in [5.41, 5.74) is 0. The Morgan fingerprint density at radius 3 is 1.82 bits per heavy atom. The van der Waals surface area contributed by atoms with Gasteiger partial charge in [-0.3, -0.25) is 0 Å². The van der Waals surface area contributed by atoms with Crippen molar-refractivity contribution in [1.29, 1.82) is 0 Å². The molecule has 1 saturated heterocycles. The largest absolute Gasteiger partial charge is 0.412 e. The van der Waals surface area contributed by atoms with Gasteiger partial charge in [0.2, 0.25) is 0 Å². The Bertz CT molecular complexity index is 639. The van der Waals surface area contributed by atoms with Crippen LogP contribution in [0.15, 0.2) is 24.1 Å². The van der Waals surface area contributed by atoms with Crippen molar-refractivity contribution < 1.29 is 22.3 Å². The summed E-state index contributed by atoms with van der Waals surface area (Å²) in [6.07, 6.45) is 17.8. The van der Waals surface area contributed by atoms with E-state index in [1.807, 2.05) is 0 Å². The van der Waals surface area contributed by atoms with E-state index in [1.165, 1.54) is 57.8 Å². The van der Waals surface area contributed by atoms with E-state index in [0.29, 0.717) is 24.7 Å². The van der Waals surface area contributed by atoms with Crippen LogP contribution in [0.1, 0.15) is 96.3 Å². The number of ether oxygens (including phenoxy) is 1. The van der Waals surface area contributed by atoms with Crippen LogP contribution >= 0.6 is 0 Å². The smallest absolute Gasteiger partial charge is 0.377 e. The number of rotatable bonds is 5. The molecule has 0 aromatic heterocycles. The van der Waals surface area contributed by atoms with Gasteiger partial charge in [0.15, 0.2) is 0 Å². The number of allylic oxidation sites excluding steroid dienone is 3. The van der Waals surface area contributed by atoms with Crippen LogP contribution in [0.4, 0.5) is 17.6 Å².